The fourth-order valence-corrected chi connectivity index (χ4v) is 1.65. The predicted molar refractivity (Wildman–Crippen MR) is 66.6 cm³/mol. The van der Waals surface area contributed by atoms with Gasteiger partial charge in [-0.15, -0.1) is 12.3 Å². The van der Waals surface area contributed by atoms with Crippen molar-refractivity contribution in [2.75, 3.05) is 6.54 Å². The van der Waals surface area contributed by atoms with Crippen LogP contribution in [0.4, 0.5) is 0 Å². The minimum atomic E-state index is -0.109. The SMILES string of the molecule is C#CCCCNC(=O)c1cc(C)cc(Cl)c1. The molecular weight excluding hydrogens is 222 g/mol. The quantitative estimate of drug-likeness (QED) is 0.631. The Bertz CT molecular complexity index is 400. The molecule has 0 bridgehead atoms. The van der Waals surface area contributed by atoms with Crippen molar-refractivity contribution in [3.8, 4) is 12.3 Å². The van der Waals surface area contributed by atoms with E-state index in [2.05, 4.69) is 11.2 Å². The monoisotopic (exact) mass is 235 g/mol. The molecular formula is C13H14ClNO. The minimum absolute atomic E-state index is 0.109. The lowest BCUT2D eigenvalue weighted by Gasteiger charge is -2.05. The molecule has 0 atom stereocenters. The van der Waals surface area contributed by atoms with Crippen LogP contribution in [0.15, 0.2) is 18.2 Å². The van der Waals surface area contributed by atoms with E-state index in [9.17, 15) is 4.79 Å². The highest BCUT2D eigenvalue weighted by molar-refractivity contribution is 6.31. The van der Waals surface area contributed by atoms with E-state index in [4.69, 9.17) is 18.0 Å². The molecule has 0 saturated heterocycles. The normalized spacial score (nSPS) is 9.56. The van der Waals surface area contributed by atoms with E-state index < -0.39 is 0 Å². The molecule has 0 aliphatic carbocycles. The Hall–Kier alpha value is -1.46. The summed E-state index contributed by atoms with van der Waals surface area (Å²) in [6, 6.07) is 5.28. The molecule has 1 N–H and O–H groups in total. The first kappa shape index (κ1) is 12.6. The van der Waals surface area contributed by atoms with Crippen molar-refractivity contribution in [1.82, 2.24) is 5.32 Å². The smallest absolute Gasteiger partial charge is 0.251 e. The molecule has 0 spiro atoms. The Morgan fingerprint density at radius 2 is 2.25 bits per heavy atom. The third kappa shape index (κ3) is 3.96. The lowest BCUT2D eigenvalue weighted by Crippen LogP contribution is -2.24. The molecule has 1 amide bonds. The number of carbonyl (C=O) groups is 1. The van der Waals surface area contributed by atoms with Gasteiger partial charge in [-0.1, -0.05) is 11.6 Å². The van der Waals surface area contributed by atoms with Gasteiger partial charge in [0.2, 0.25) is 0 Å². The number of aryl methyl sites for hydroxylation is 1. The molecule has 0 saturated carbocycles. The van der Waals surface area contributed by atoms with Crippen LogP contribution in [0.1, 0.15) is 28.8 Å². The highest BCUT2D eigenvalue weighted by atomic mass is 35.5. The van der Waals surface area contributed by atoms with Crippen LogP contribution in [0.3, 0.4) is 0 Å². The molecule has 3 heteroatoms. The zero-order chi connectivity index (χ0) is 12.0. The largest absolute Gasteiger partial charge is 0.352 e. The van der Waals surface area contributed by atoms with Crippen molar-refractivity contribution in [1.29, 1.82) is 0 Å². The second kappa shape index (κ2) is 6.19. The maximum absolute atomic E-state index is 11.7. The highest BCUT2D eigenvalue weighted by Gasteiger charge is 2.05. The maximum atomic E-state index is 11.7. The molecule has 0 unspecified atom stereocenters. The Kier molecular flexibility index (Phi) is 4.88. The number of unbranched alkanes of at least 4 members (excludes halogenated alkanes) is 1. The average molecular weight is 236 g/mol. The molecule has 16 heavy (non-hydrogen) atoms. The standard InChI is InChI=1S/C13H14ClNO/c1-3-4-5-6-15-13(16)11-7-10(2)8-12(14)9-11/h1,7-9H,4-6H2,2H3,(H,15,16). The predicted octanol–water partition coefficient (Wildman–Crippen LogP) is 2.79. The second-order valence-electron chi connectivity index (χ2n) is 3.58. The van der Waals surface area contributed by atoms with Gasteiger partial charge in [-0.3, -0.25) is 4.79 Å². The molecule has 1 aromatic carbocycles. The van der Waals surface area contributed by atoms with Crippen molar-refractivity contribution < 1.29 is 4.79 Å². The number of carbonyl (C=O) groups excluding carboxylic acids is 1. The maximum Gasteiger partial charge on any atom is 0.251 e. The van der Waals surface area contributed by atoms with Gasteiger partial charge >= 0.3 is 0 Å². The number of hydrogen-bond donors (Lipinski definition) is 1. The average Bonchev–Trinajstić information content (AvgIpc) is 2.22. The summed E-state index contributed by atoms with van der Waals surface area (Å²) < 4.78 is 0. The van der Waals surface area contributed by atoms with Crippen molar-refractivity contribution in [2.45, 2.75) is 19.8 Å². The molecule has 1 aromatic rings. The number of amides is 1. The van der Waals surface area contributed by atoms with E-state index in [1.807, 2.05) is 19.1 Å². The van der Waals surface area contributed by atoms with Crippen molar-refractivity contribution in [3.05, 3.63) is 34.3 Å². The summed E-state index contributed by atoms with van der Waals surface area (Å²) >= 11 is 5.87. The molecule has 0 aliphatic rings. The number of hydrogen-bond acceptors (Lipinski definition) is 1. The van der Waals surface area contributed by atoms with Gasteiger partial charge in [-0.05, 0) is 37.1 Å². The number of benzene rings is 1. The van der Waals surface area contributed by atoms with Crippen molar-refractivity contribution >= 4 is 17.5 Å². The van der Waals surface area contributed by atoms with E-state index in [1.165, 1.54) is 0 Å². The molecule has 0 fully saturated rings. The van der Waals surface area contributed by atoms with Gasteiger partial charge in [0.1, 0.15) is 0 Å². The van der Waals surface area contributed by atoms with Crippen LogP contribution in [-0.4, -0.2) is 12.5 Å². The molecule has 84 valence electrons. The molecule has 0 aliphatic heterocycles. The topological polar surface area (TPSA) is 29.1 Å². The van der Waals surface area contributed by atoms with E-state index in [1.54, 1.807) is 6.07 Å². The molecule has 0 radical (unpaired) electrons. The fourth-order valence-electron chi connectivity index (χ4n) is 1.36. The molecule has 1 rings (SSSR count). The number of nitrogens with one attached hydrogen (secondary N) is 1. The first-order valence-electron chi connectivity index (χ1n) is 5.12. The van der Waals surface area contributed by atoms with Crippen molar-refractivity contribution in [2.24, 2.45) is 0 Å². The third-order valence-corrected chi connectivity index (χ3v) is 2.31. The summed E-state index contributed by atoms with van der Waals surface area (Å²) in [6.45, 7) is 2.50. The van der Waals surface area contributed by atoms with Gasteiger partial charge in [-0.2, -0.15) is 0 Å². The number of terminal acetylenes is 1. The number of rotatable bonds is 4. The van der Waals surface area contributed by atoms with Gasteiger partial charge in [0.05, 0.1) is 0 Å². The second-order valence-corrected chi connectivity index (χ2v) is 4.02. The van der Waals surface area contributed by atoms with Crippen LogP contribution >= 0.6 is 11.6 Å². The van der Waals surface area contributed by atoms with E-state index >= 15 is 0 Å². The summed E-state index contributed by atoms with van der Waals surface area (Å²) in [6.07, 6.45) is 6.58. The first-order valence-corrected chi connectivity index (χ1v) is 5.50. The minimum Gasteiger partial charge on any atom is -0.352 e. The van der Waals surface area contributed by atoms with Crippen LogP contribution in [0.25, 0.3) is 0 Å². The van der Waals surface area contributed by atoms with E-state index in [-0.39, 0.29) is 5.91 Å². The zero-order valence-corrected chi connectivity index (χ0v) is 9.97. The third-order valence-electron chi connectivity index (χ3n) is 2.09. The molecule has 2 nitrogen and oxygen atoms in total. The lowest BCUT2D eigenvalue weighted by atomic mass is 10.1. The fraction of sp³-hybridized carbons (Fsp3) is 0.308. The number of halogens is 1. The summed E-state index contributed by atoms with van der Waals surface area (Å²) in [4.78, 5) is 11.7. The Morgan fingerprint density at radius 3 is 2.88 bits per heavy atom. The van der Waals surface area contributed by atoms with Crippen molar-refractivity contribution in [3.63, 3.8) is 0 Å². The van der Waals surface area contributed by atoms with Gasteiger partial charge in [0, 0.05) is 23.6 Å². The van der Waals surface area contributed by atoms with Gasteiger partial charge in [0.15, 0.2) is 0 Å². The Balaban J connectivity index is 2.56. The van der Waals surface area contributed by atoms with Gasteiger partial charge < -0.3 is 5.32 Å². The summed E-state index contributed by atoms with van der Waals surface area (Å²) in [5, 5.41) is 3.37. The van der Waals surface area contributed by atoms with Gasteiger partial charge in [-0.25, -0.2) is 0 Å². The van der Waals surface area contributed by atoms with E-state index in [0.717, 1.165) is 12.0 Å². The first-order chi connectivity index (χ1) is 7.63. The van der Waals surface area contributed by atoms with Gasteiger partial charge in [0.25, 0.3) is 5.91 Å². The molecule has 0 heterocycles. The Labute approximate surface area is 101 Å². The van der Waals surface area contributed by atoms with Crippen LogP contribution < -0.4 is 5.32 Å². The zero-order valence-electron chi connectivity index (χ0n) is 9.22. The van der Waals surface area contributed by atoms with Crippen LogP contribution in [0.5, 0.6) is 0 Å². The van der Waals surface area contributed by atoms with E-state index in [0.29, 0.717) is 23.6 Å². The summed E-state index contributed by atoms with van der Waals surface area (Å²) in [5.74, 6) is 2.42. The lowest BCUT2D eigenvalue weighted by molar-refractivity contribution is 0.0953. The molecule has 0 aromatic heterocycles. The Morgan fingerprint density at radius 1 is 1.50 bits per heavy atom. The highest BCUT2D eigenvalue weighted by Crippen LogP contribution is 2.14. The van der Waals surface area contributed by atoms with Crippen LogP contribution in [0, 0.1) is 19.3 Å². The van der Waals surface area contributed by atoms with Crippen LogP contribution in [0.2, 0.25) is 5.02 Å². The summed E-state index contributed by atoms with van der Waals surface area (Å²) in [5.41, 5.74) is 1.56. The summed E-state index contributed by atoms with van der Waals surface area (Å²) in [7, 11) is 0. The van der Waals surface area contributed by atoms with Crippen LogP contribution in [-0.2, 0) is 0 Å².